The Morgan fingerprint density at radius 2 is 2.43 bits per heavy atom. The van der Waals surface area contributed by atoms with Crippen molar-refractivity contribution < 1.29 is 9.53 Å². The number of nitrogen functional groups attached to an aromatic ring is 1. The van der Waals surface area contributed by atoms with Gasteiger partial charge in [0.05, 0.1) is 18.5 Å². The van der Waals surface area contributed by atoms with Gasteiger partial charge in [-0.05, 0) is 36.4 Å². The summed E-state index contributed by atoms with van der Waals surface area (Å²) in [6.45, 7) is 3.73. The predicted molar refractivity (Wildman–Crippen MR) is 83.7 cm³/mol. The molecule has 3 rings (SSSR count). The molecule has 0 atom stereocenters. The molecule has 5 nitrogen and oxygen atoms in total. The van der Waals surface area contributed by atoms with Gasteiger partial charge in [-0.2, -0.15) is 0 Å². The number of hydrogen-bond acceptors (Lipinski definition) is 6. The van der Waals surface area contributed by atoms with E-state index in [2.05, 4.69) is 21.3 Å². The van der Waals surface area contributed by atoms with E-state index >= 15 is 0 Å². The van der Waals surface area contributed by atoms with Crippen LogP contribution >= 0.6 is 11.3 Å². The zero-order chi connectivity index (χ0) is 14.8. The van der Waals surface area contributed by atoms with E-state index < -0.39 is 0 Å². The molecule has 0 fully saturated rings. The fourth-order valence-corrected chi connectivity index (χ4v) is 3.40. The van der Waals surface area contributed by atoms with Crippen LogP contribution in [0.3, 0.4) is 0 Å². The van der Waals surface area contributed by atoms with Crippen LogP contribution < -0.4 is 10.6 Å². The molecule has 0 saturated carbocycles. The smallest absolute Gasteiger partial charge is 0.341 e. The first-order valence-corrected chi connectivity index (χ1v) is 7.80. The van der Waals surface area contributed by atoms with E-state index in [0.717, 1.165) is 19.5 Å². The van der Waals surface area contributed by atoms with Crippen LogP contribution in [0.15, 0.2) is 23.7 Å². The summed E-state index contributed by atoms with van der Waals surface area (Å²) in [6, 6.07) is 3.77. The molecule has 0 amide bonds. The Morgan fingerprint density at radius 3 is 3.24 bits per heavy atom. The van der Waals surface area contributed by atoms with Gasteiger partial charge in [0, 0.05) is 18.0 Å². The molecule has 0 saturated heterocycles. The molecule has 6 heteroatoms. The number of carbonyl (C=O) groups excluding carboxylic acids is 1. The molecule has 2 aromatic heterocycles. The van der Waals surface area contributed by atoms with E-state index in [1.165, 1.54) is 10.4 Å². The van der Waals surface area contributed by atoms with Crippen LogP contribution in [0.2, 0.25) is 0 Å². The average Bonchev–Trinajstić information content (AvgIpc) is 2.94. The number of anilines is 2. The fraction of sp³-hybridized carbons (Fsp3) is 0.333. The topological polar surface area (TPSA) is 68.5 Å². The summed E-state index contributed by atoms with van der Waals surface area (Å²) < 4.78 is 5.11. The molecule has 1 aliphatic rings. The lowest BCUT2D eigenvalue weighted by Gasteiger charge is -2.29. The highest BCUT2D eigenvalue weighted by Crippen LogP contribution is 2.29. The first-order chi connectivity index (χ1) is 10.2. The van der Waals surface area contributed by atoms with Crippen molar-refractivity contribution in [1.82, 2.24) is 4.98 Å². The molecule has 0 aliphatic carbocycles. The van der Waals surface area contributed by atoms with Gasteiger partial charge in [-0.15, -0.1) is 11.3 Å². The molecular formula is C15H17N3O2S. The normalized spacial score (nSPS) is 13.9. The van der Waals surface area contributed by atoms with Gasteiger partial charge < -0.3 is 15.4 Å². The molecular weight excluding hydrogens is 286 g/mol. The average molecular weight is 303 g/mol. The lowest BCUT2D eigenvalue weighted by molar-refractivity contribution is 0.0526. The lowest BCUT2D eigenvalue weighted by Crippen LogP contribution is -2.31. The third kappa shape index (κ3) is 2.71. The van der Waals surface area contributed by atoms with Crippen LogP contribution in [0.5, 0.6) is 0 Å². The van der Waals surface area contributed by atoms with Crippen molar-refractivity contribution in [3.8, 4) is 0 Å². The number of esters is 1. The van der Waals surface area contributed by atoms with E-state index in [1.54, 1.807) is 30.5 Å². The number of ether oxygens (including phenoxy) is 1. The third-order valence-electron chi connectivity index (χ3n) is 3.49. The minimum Gasteiger partial charge on any atom is -0.462 e. The van der Waals surface area contributed by atoms with Crippen molar-refractivity contribution in [3.63, 3.8) is 0 Å². The summed E-state index contributed by atoms with van der Waals surface area (Å²) in [5.41, 5.74) is 7.98. The maximum Gasteiger partial charge on any atom is 0.341 e. The molecule has 2 N–H and O–H groups in total. The van der Waals surface area contributed by atoms with Gasteiger partial charge in [0.15, 0.2) is 0 Å². The van der Waals surface area contributed by atoms with Gasteiger partial charge in [-0.1, -0.05) is 0 Å². The Morgan fingerprint density at radius 1 is 1.57 bits per heavy atom. The minimum absolute atomic E-state index is 0.335. The summed E-state index contributed by atoms with van der Waals surface area (Å²) >= 11 is 1.78. The molecule has 0 aromatic carbocycles. The zero-order valence-corrected chi connectivity index (χ0v) is 12.7. The number of pyridine rings is 1. The van der Waals surface area contributed by atoms with Crippen molar-refractivity contribution >= 4 is 28.8 Å². The molecule has 1 aliphatic heterocycles. The third-order valence-corrected chi connectivity index (χ3v) is 4.51. The van der Waals surface area contributed by atoms with E-state index in [0.29, 0.717) is 23.7 Å². The summed E-state index contributed by atoms with van der Waals surface area (Å²) in [5.74, 6) is 0.280. The van der Waals surface area contributed by atoms with E-state index in [9.17, 15) is 4.79 Å². The lowest BCUT2D eigenvalue weighted by atomic mass is 10.1. The minimum atomic E-state index is -0.372. The van der Waals surface area contributed by atoms with Crippen molar-refractivity contribution in [2.45, 2.75) is 19.9 Å². The Balaban J connectivity index is 1.93. The van der Waals surface area contributed by atoms with Gasteiger partial charge in [-0.25, -0.2) is 9.78 Å². The molecule has 0 bridgehead atoms. The molecule has 21 heavy (non-hydrogen) atoms. The van der Waals surface area contributed by atoms with Crippen LogP contribution in [0.1, 0.15) is 27.7 Å². The highest BCUT2D eigenvalue weighted by molar-refractivity contribution is 7.10. The molecule has 3 heterocycles. The highest BCUT2D eigenvalue weighted by atomic mass is 32.1. The van der Waals surface area contributed by atoms with Gasteiger partial charge in [-0.3, -0.25) is 0 Å². The zero-order valence-electron chi connectivity index (χ0n) is 11.8. The second-order valence-corrected chi connectivity index (χ2v) is 5.90. The Hall–Kier alpha value is -2.08. The largest absolute Gasteiger partial charge is 0.462 e. The van der Waals surface area contributed by atoms with E-state index in [-0.39, 0.29) is 5.97 Å². The summed E-state index contributed by atoms with van der Waals surface area (Å²) in [7, 11) is 0. The Bertz CT molecular complexity index is 669. The molecule has 0 spiro atoms. The fourth-order valence-electron chi connectivity index (χ4n) is 2.51. The van der Waals surface area contributed by atoms with Crippen molar-refractivity contribution in [3.05, 3.63) is 39.7 Å². The van der Waals surface area contributed by atoms with Gasteiger partial charge in [0.2, 0.25) is 0 Å². The second-order valence-electron chi connectivity index (χ2n) is 4.90. The second kappa shape index (κ2) is 5.73. The number of thiophene rings is 1. The van der Waals surface area contributed by atoms with Crippen LogP contribution in [0.25, 0.3) is 0 Å². The summed E-state index contributed by atoms with van der Waals surface area (Å²) in [4.78, 5) is 20.0. The number of nitrogens with two attached hydrogens (primary N) is 1. The Labute approximate surface area is 127 Å². The maximum absolute atomic E-state index is 12.1. The first kappa shape index (κ1) is 13.9. The first-order valence-electron chi connectivity index (χ1n) is 6.92. The number of aromatic nitrogens is 1. The molecule has 0 unspecified atom stereocenters. The van der Waals surface area contributed by atoms with E-state index in [1.807, 2.05) is 0 Å². The number of hydrogen-bond donors (Lipinski definition) is 1. The number of fused-ring (bicyclic) bond motifs is 1. The SMILES string of the molecule is CCOC(=O)c1cc(N)cnc1N1CCc2sccc2C1. The predicted octanol–water partition coefficient (Wildman–Crippen LogP) is 2.46. The van der Waals surface area contributed by atoms with Gasteiger partial charge in [0.25, 0.3) is 0 Å². The van der Waals surface area contributed by atoms with Crippen LogP contribution in [0, 0.1) is 0 Å². The van der Waals surface area contributed by atoms with E-state index in [4.69, 9.17) is 10.5 Å². The molecule has 2 aromatic rings. The van der Waals surface area contributed by atoms with Gasteiger partial charge in [0.1, 0.15) is 11.4 Å². The van der Waals surface area contributed by atoms with Crippen molar-refractivity contribution in [1.29, 1.82) is 0 Å². The Kier molecular flexibility index (Phi) is 3.79. The van der Waals surface area contributed by atoms with Crippen LogP contribution in [0.4, 0.5) is 11.5 Å². The summed E-state index contributed by atoms with van der Waals surface area (Å²) in [6.07, 6.45) is 2.56. The van der Waals surface area contributed by atoms with Crippen LogP contribution in [-0.2, 0) is 17.7 Å². The van der Waals surface area contributed by atoms with Crippen LogP contribution in [-0.4, -0.2) is 24.1 Å². The van der Waals surface area contributed by atoms with Gasteiger partial charge >= 0.3 is 5.97 Å². The maximum atomic E-state index is 12.1. The summed E-state index contributed by atoms with van der Waals surface area (Å²) in [5, 5.41) is 2.11. The number of carbonyl (C=O) groups is 1. The molecule has 110 valence electrons. The standard InChI is InChI=1S/C15H17N3O2S/c1-2-20-15(19)12-7-11(16)8-17-14(12)18-5-3-13-10(9-18)4-6-21-13/h4,6-8H,2-3,5,9,16H2,1H3. The van der Waals surface area contributed by atoms with Crippen molar-refractivity contribution in [2.75, 3.05) is 23.8 Å². The monoisotopic (exact) mass is 303 g/mol. The quantitative estimate of drug-likeness (QED) is 0.882. The molecule has 0 radical (unpaired) electrons. The number of rotatable bonds is 3. The van der Waals surface area contributed by atoms with Crippen molar-refractivity contribution in [2.24, 2.45) is 0 Å². The highest BCUT2D eigenvalue weighted by Gasteiger charge is 2.23. The number of nitrogens with zero attached hydrogens (tertiary/aromatic N) is 2.